The summed E-state index contributed by atoms with van der Waals surface area (Å²) in [5, 5.41) is 2.24. The normalized spacial score (nSPS) is 14.1. The van der Waals surface area contributed by atoms with Crippen LogP contribution in [0.5, 0.6) is 23.0 Å². The lowest BCUT2D eigenvalue weighted by atomic mass is 9.66. The van der Waals surface area contributed by atoms with Gasteiger partial charge < -0.3 is 18.8 Å². The minimum absolute atomic E-state index is 0.613. The van der Waals surface area contributed by atoms with E-state index in [1.807, 2.05) is 12.1 Å². The van der Waals surface area contributed by atoms with E-state index in [9.17, 15) is 0 Å². The molecule has 0 unspecified atom stereocenters. The second kappa shape index (κ2) is 16.2. The van der Waals surface area contributed by atoms with Crippen LogP contribution >= 0.6 is 0 Å². The lowest BCUT2D eigenvalue weighted by Gasteiger charge is -2.39. The summed E-state index contributed by atoms with van der Waals surface area (Å²) in [6.07, 6.45) is 0. The molecule has 2 spiro atoms. The molecule has 0 saturated heterocycles. The highest BCUT2D eigenvalue weighted by atomic mass is 16.5. The standard InChI is InChI=1S/C74H45NO3/c1-5-22-56-51(19-1)52-42-39-48(44-63(52)74(56)60-26-9-15-34-69(60)78-70-35-16-10-27-61(70)74)50-18-3-11-29-64(50)75(49-40-36-46(37-41-49)47-38-43-54-53-20-4-12-31-66(53)76-71(54)45-47)65-30-17-28-62-72(65)55-21-2-6-23-57(55)73(62)58-24-7-13-32-67(58)77-68-33-14-8-25-59(68)73/h1-45H. The molecule has 0 amide bonds. The quantitative estimate of drug-likeness (QED) is 0.172. The van der Waals surface area contributed by atoms with Gasteiger partial charge in [0.05, 0.1) is 22.2 Å². The van der Waals surface area contributed by atoms with Gasteiger partial charge in [0.2, 0.25) is 0 Å². The molecule has 0 bridgehead atoms. The molecule has 13 aromatic rings. The Morgan fingerprint density at radius 3 is 1.40 bits per heavy atom. The topological polar surface area (TPSA) is 34.8 Å². The van der Waals surface area contributed by atoms with Crippen molar-refractivity contribution in [2.24, 2.45) is 0 Å². The zero-order chi connectivity index (χ0) is 51.1. The Hall–Kier alpha value is -10.2. The van der Waals surface area contributed by atoms with Crippen molar-refractivity contribution in [1.29, 1.82) is 0 Å². The zero-order valence-corrected chi connectivity index (χ0v) is 42.2. The number of anilines is 3. The van der Waals surface area contributed by atoms with Gasteiger partial charge in [-0.15, -0.1) is 0 Å². The summed E-state index contributed by atoms with van der Waals surface area (Å²) < 4.78 is 19.9. The Bertz CT molecular complexity index is 4570. The molecule has 4 nitrogen and oxygen atoms in total. The van der Waals surface area contributed by atoms with Gasteiger partial charge in [-0.05, 0) is 128 Å². The maximum absolute atomic E-state index is 6.77. The number of nitrogens with zero attached hydrogens (tertiary/aromatic N) is 1. The van der Waals surface area contributed by atoms with Gasteiger partial charge in [0, 0.05) is 49.8 Å². The smallest absolute Gasteiger partial charge is 0.136 e. The molecule has 4 heteroatoms. The van der Waals surface area contributed by atoms with Gasteiger partial charge in [-0.2, -0.15) is 0 Å². The molecule has 0 radical (unpaired) electrons. The summed E-state index contributed by atoms with van der Waals surface area (Å²) in [7, 11) is 0. The third-order valence-electron chi connectivity index (χ3n) is 17.2. The minimum atomic E-state index is -0.642. The molecule has 0 saturated carbocycles. The summed E-state index contributed by atoms with van der Waals surface area (Å²) in [4.78, 5) is 2.50. The van der Waals surface area contributed by atoms with Crippen molar-refractivity contribution >= 4 is 39.0 Å². The van der Waals surface area contributed by atoms with Crippen LogP contribution in [0.3, 0.4) is 0 Å². The largest absolute Gasteiger partial charge is 0.457 e. The van der Waals surface area contributed by atoms with Crippen LogP contribution in [0, 0.1) is 0 Å². The van der Waals surface area contributed by atoms with E-state index in [1.165, 1.54) is 44.5 Å². The number of hydrogen-bond acceptors (Lipinski definition) is 4. The molecule has 78 heavy (non-hydrogen) atoms. The summed E-state index contributed by atoms with van der Waals surface area (Å²) >= 11 is 0. The molecule has 3 heterocycles. The third kappa shape index (κ3) is 5.73. The van der Waals surface area contributed by atoms with Gasteiger partial charge in [0.15, 0.2) is 0 Å². The number of furan rings is 1. The molecular formula is C74H45NO3. The van der Waals surface area contributed by atoms with Gasteiger partial charge in [0.25, 0.3) is 0 Å². The Morgan fingerprint density at radius 2 is 0.731 bits per heavy atom. The van der Waals surface area contributed by atoms with Crippen molar-refractivity contribution in [3.8, 4) is 67.5 Å². The van der Waals surface area contributed by atoms with E-state index < -0.39 is 10.8 Å². The Labute approximate surface area is 451 Å². The maximum atomic E-state index is 6.77. The fourth-order valence-electron chi connectivity index (χ4n) is 14.1. The van der Waals surface area contributed by atoms with E-state index in [-0.39, 0.29) is 0 Å². The highest BCUT2D eigenvalue weighted by Crippen LogP contribution is 2.66. The second-order valence-electron chi connectivity index (χ2n) is 20.9. The highest BCUT2D eigenvalue weighted by Gasteiger charge is 2.53. The van der Waals surface area contributed by atoms with Crippen molar-refractivity contribution < 1.29 is 13.9 Å². The number of ether oxygens (including phenoxy) is 2. The van der Waals surface area contributed by atoms with E-state index in [0.717, 1.165) is 107 Å². The Balaban J connectivity index is 0.907. The molecule has 2 aliphatic heterocycles. The van der Waals surface area contributed by atoms with Gasteiger partial charge in [-0.1, -0.05) is 200 Å². The second-order valence-corrected chi connectivity index (χ2v) is 20.9. The molecule has 2 aliphatic carbocycles. The minimum Gasteiger partial charge on any atom is -0.457 e. The maximum Gasteiger partial charge on any atom is 0.136 e. The van der Waals surface area contributed by atoms with Crippen LogP contribution in [0.1, 0.15) is 44.5 Å². The zero-order valence-electron chi connectivity index (χ0n) is 42.2. The molecule has 364 valence electrons. The molecule has 17 rings (SSSR count). The van der Waals surface area contributed by atoms with E-state index in [4.69, 9.17) is 13.9 Å². The van der Waals surface area contributed by atoms with E-state index in [0.29, 0.717) is 0 Å². The first-order chi connectivity index (χ1) is 38.7. The van der Waals surface area contributed by atoms with Crippen molar-refractivity contribution in [3.05, 3.63) is 317 Å². The Kier molecular flexibility index (Phi) is 8.94. The van der Waals surface area contributed by atoms with Gasteiger partial charge in [0.1, 0.15) is 34.2 Å². The van der Waals surface area contributed by atoms with Gasteiger partial charge in [-0.3, -0.25) is 0 Å². The first-order valence-electron chi connectivity index (χ1n) is 26.8. The van der Waals surface area contributed by atoms with Crippen LogP contribution < -0.4 is 14.4 Å². The van der Waals surface area contributed by atoms with E-state index in [2.05, 4.69) is 266 Å². The van der Waals surface area contributed by atoms with Crippen LogP contribution in [0.25, 0.3) is 66.4 Å². The van der Waals surface area contributed by atoms with E-state index >= 15 is 0 Å². The average molecular weight is 996 g/mol. The first-order valence-corrected chi connectivity index (χ1v) is 26.8. The molecule has 12 aromatic carbocycles. The SMILES string of the molecule is c1ccc2c(c1)Oc1ccccc1C21c2ccccc2-c2ccc(-c3ccccc3N(c3ccc(-c4ccc5c(c4)oc4ccccc45)cc3)c3cccc4c3-c3ccccc3C43c4ccccc4Oc4ccccc43)cc21. The number of rotatable bonds is 5. The van der Waals surface area contributed by atoms with Crippen LogP contribution in [0.15, 0.2) is 277 Å². The van der Waals surface area contributed by atoms with Crippen LogP contribution in [-0.2, 0) is 10.8 Å². The predicted octanol–water partition coefficient (Wildman–Crippen LogP) is 19.3. The lowest BCUT2D eigenvalue weighted by Crippen LogP contribution is -2.32. The summed E-state index contributed by atoms with van der Waals surface area (Å²) in [5.74, 6) is 3.49. The van der Waals surface area contributed by atoms with E-state index in [1.54, 1.807) is 0 Å². The number of para-hydroxylation sites is 6. The molecule has 0 fully saturated rings. The summed E-state index contributed by atoms with van der Waals surface area (Å²) in [5.41, 5.74) is 22.5. The van der Waals surface area contributed by atoms with Crippen LogP contribution in [0.4, 0.5) is 17.1 Å². The van der Waals surface area contributed by atoms with Crippen molar-refractivity contribution in [1.82, 2.24) is 0 Å². The first kappa shape index (κ1) is 43.1. The van der Waals surface area contributed by atoms with Crippen molar-refractivity contribution in [2.75, 3.05) is 4.90 Å². The van der Waals surface area contributed by atoms with Crippen LogP contribution in [-0.4, -0.2) is 0 Å². The third-order valence-corrected chi connectivity index (χ3v) is 17.2. The molecule has 0 N–H and O–H groups in total. The van der Waals surface area contributed by atoms with Crippen LogP contribution in [0.2, 0.25) is 0 Å². The molecule has 1 aromatic heterocycles. The summed E-state index contributed by atoms with van der Waals surface area (Å²) in [6.45, 7) is 0. The van der Waals surface area contributed by atoms with Gasteiger partial charge in [-0.25, -0.2) is 0 Å². The van der Waals surface area contributed by atoms with Crippen molar-refractivity contribution in [2.45, 2.75) is 10.8 Å². The average Bonchev–Trinajstić information content (AvgIpc) is 4.33. The number of fused-ring (bicyclic) bond motifs is 21. The lowest BCUT2D eigenvalue weighted by molar-refractivity contribution is 0.436. The fraction of sp³-hybridized carbons (Fsp3) is 0.0270. The Morgan fingerprint density at radius 1 is 0.269 bits per heavy atom. The van der Waals surface area contributed by atoms with Gasteiger partial charge >= 0.3 is 0 Å². The molecular weight excluding hydrogens is 951 g/mol. The number of benzene rings is 12. The number of hydrogen-bond donors (Lipinski definition) is 0. The fourth-order valence-corrected chi connectivity index (χ4v) is 14.1. The van der Waals surface area contributed by atoms with Crippen molar-refractivity contribution in [3.63, 3.8) is 0 Å². The summed E-state index contributed by atoms with van der Waals surface area (Å²) in [6, 6.07) is 99.3. The predicted molar refractivity (Wildman–Crippen MR) is 314 cm³/mol. The highest BCUT2D eigenvalue weighted by molar-refractivity contribution is 6.06. The molecule has 4 aliphatic rings. The molecule has 0 atom stereocenters. The monoisotopic (exact) mass is 995 g/mol.